The van der Waals surface area contributed by atoms with Gasteiger partial charge in [0, 0.05) is 4.47 Å². The number of nitro groups is 1. The van der Waals surface area contributed by atoms with Gasteiger partial charge in [0.15, 0.2) is 0 Å². The Labute approximate surface area is 120 Å². The highest BCUT2D eigenvalue weighted by Crippen LogP contribution is 2.29. The van der Waals surface area contributed by atoms with Crippen LogP contribution in [0.4, 0.5) is 21.6 Å². The van der Waals surface area contributed by atoms with Crippen molar-refractivity contribution in [1.29, 1.82) is 0 Å². The zero-order valence-corrected chi connectivity index (χ0v) is 11.6. The number of benzene rings is 1. The molecule has 1 heterocycles. The van der Waals surface area contributed by atoms with Gasteiger partial charge in [-0.05, 0) is 28.1 Å². The third-order valence-electron chi connectivity index (χ3n) is 2.21. The van der Waals surface area contributed by atoms with Gasteiger partial charge in [-0.25, -0.2) is 9.37 Å². The minimum Gasteiger partial charge on any atom is -0.337 e. The maximum absolute atomic E-state index is 13.6. The minimum absolute atomic E-state index is 0.0517. The first-order chi connectivity index (χ1) is 8.97. The molecule has 0 bridgehead atoms. The van der Waals surface area contributed by atoms with Gasteiger partial charge in [0.05, 0.1) is 22.7 Å². The summed E-state index contributed by atoms with van der Waals surface area (Å²) in [6.07, 6.45) is 0. The Hall–Kier alpha value is -1.73. The van der Waals surface area contributed by atoms with Gasteiger partial charge < -0.3 is 5.32 Å². The predicted molar refractivity (Wildman–Crippen MR) is 73.3 cm³/mol. The van der Waals surface area contributed by atoms with Crippen LogP contribution in [0.5, 0.6) is 0 Å². The zero-order chi connectivity index (χ0) is 14.0. The Morgan fingerprint density at radius 2 is 2.16 bits per heavy atom. The third kappa shape index (κ3) is 3.18. The lowest BCUT2D eigenvalue weighted by atomic mass is 10.3. The van der Waals surface area contributed by atoms with Crippen LogP contribution < -0.4 is 5.32 Å². The molecule has 1 N–H and O–H groups in total. The molecule has 0 saturated carbocycles. The van der Waals surface area contributed by atoms with Crippen molar-refractivity contribution < 1.29 is 9.31 Å². The number of para-hydroxylation sites is 1. The summed E-state index contributed by atoms with van der Waals surface area (Å²) in [6, 6.07) is 6.70. The van der Waals surface area contributed by atoms with Crippen molar-refractivity contribution in [3.63, 3.8) is 0 Å². The number of pyridine rings is 1. The van der Waals surface area contributed by atoms with Gasteiger partial charge >= 0.3 is 0 Å². The van der Waals surface area contributed by atoms with E-state index in [-0.39, 0.29) is 22.3 Å². The largest absolute Gasteiger partial charge is 0.337 e. The molecule has 2 aromatic rings. The Balaban J connectivity index is 2.41. The first kappa shape index (κ1) is 13.7. The third-order valence-corrected chi connectivity index (χ3v) is 3.06. The summed E-state index contributed by atoms with van der Waals surface area (Å²) in [5.41, 5.74) is -0.0958. The molecule has 8 heteroatoms. The summed E-state index contributed by atoms with van der Waals surface area (Å²) in [4.78, 5) is 14.0. The number of anilines is 2. The molecule has 5 nitrogen and oxygen atoms in total. The molecule has 0 aliphatic rings. The fraction of sp³-hybridized carbons (Fsp3) is 0. The lowest BCUT2D eigenvalue weighted by Crippen LogP contribution is -1.99. The molecule has 0 spiro atoms. The summed E-state index contributed by atoms with van der Waals surface area (Å²) >= 11 is 8.85. The van der Waals surface area contributed by atoms with E-state index in [0.717, 1.165) is 6.07 Å². The van der Waals surface area contributed by atoms with E-state index in [2.05, 4.69) is 26.2 Å². The van der Waals surface area contributed by atoms with Crippen LogP contribution in [0.2, 0.25) is 5.15 Å². The molecule has 19 heavy (non-hydrogen) atoms. The molecule has 0 saturated heterocycles. The molecule has 0 aliphatic heterocycles. The normalized spacial score (nSPS) is 10.3. The fourth-order valence-corrected chi connectivity index (χ4v) is 2.04. The van der Waals surface area contributed by atoms with E-state index >= 15 is 0 Å². The quantitative estimate of drug-likeness (QED) is 0.511. The highest BCUT2D eigenvalue weighted by molar-refractivity contribution is 9.10. The monoisotopic (exact) mass is 345 g/mol. The van der Waals surface area contributed by atoms with Crippen LogP contribution in [0.25, 0.3) is 0 Å². The summed E-state index contributed by atoms with van der Waals surface area (Å²) in [5, 5.41) is 13.3. The van der Waals surface area contributed by atoms with E-state index in [1.54, 1.807) is 6.07 Å². The summed E-state index contributed by atoms with van der Waals surface area (Å²) in [5.74, 6) is -0.427. The van der Waals surface area contributed by atoms with Crippen LogP contribution in [0.1, 0.15) is 0 Å². The zero-order valence-electron chi connectivity index (χ0n) is 9.23. The highest BCUT2D eigenvalue weighted by atomic mass is 79.9. The maximum Gasteiger partial charge on any atom is 0.276 e. The van der Waals surface area contributed by atoms with E-state index in [0.29, 0.717) is 4.47 Å². The number of nitrogens with one attached hydrogen (secondary N) is 1. The molecule has 0 atom stereocenters. The Morgan fingerprint density at radius 1 is 1.42 bits per heavy atom. The molecule has 2 rings (SSSR count). The van der Waals surface area contributed by atoms with E-state index in [9.17, 15) is 14.5 Å². The average molecular weight is 347 g/mol. The second-order valence-corrected chi connectivity index (χ2v) is 4.75. The molecule has 1 aromatic heterocycles. The van der Waals surface area contributed by atoms with E-state index in [1.165, 1.54) is 18.2 Å². The lowest BCUT2D eigenvalue weighted by Gasteiger charge is -2.08. The van der Waals surface area contributed by atoms with Crippen LogP contribution in [0.15, 0.2) is 34.8 Å². The minimum atomic E-state index is -0.602. The second-order valence-electron chi connectivity index (χ2n) is 3.51. The van der Waals surface area contributed by atoms with Crippen LogP contribution in [-0.4, -0.2) is 9.91 Å². The summed E-state index contributed by atoms with van der Waals surface area (Å²) in [7, 11) is 0. The van der Waals surface area contributed by atoms with Gasteiger partial charge in [-0.2, -0.15) is 0 Å². The smallest absolute Gasteiger partial charge is 0.276 e. The standard InChI is InChI=1S/C11H6BrClFN3O2/c12-7-2-1-3-8(14)11(7)16-10-5-6(17(18)19)4-9(13)15-10/h1-5H,(H,15,16). The molecule has 98 valence electrons. The number of aromatic nitrogens is 1. The summed E-state index contributed by atoms with van der Waals surface area (Å²) in [6.45, 7) is 0. The highest BCUT2D eigenvalue weighted by Gasteiger charge is 2.13. The van der Waals surface area contributed by atoms with Crippen molar-refractivity contribution in [3.05, 3.63) is 55.9 Å². The van der Waals surface area contributed by atoms with Crippen LogP contribution in [-0.2, 0) is 0 Å². The lowest BCUT2D eigenvalue weighted by molar-refractivity contribution is -0.384. The molecule has 1 aromatic carbocycles. The van der Waals surface area contributed by atoms with Crippen molar-refractivity contribution in [2.45, 2.75) is 0 Å². The van der Waals surface area contributed by atoms with Gasteiger partial charge in [-0.1, -0.05) is 17.7 Å². The topological polar surface area (TPSA) is 68.1 Å². The van der Waals surface area contributed by atoms with Crippen LogP contribution in [0.3, 0.4) is 0 Å². The van der Waals surface area contributed by atoms with Crippen molar-refractivity contribution in [3.8, 4) is 0 Å². The predicted octanol–water partition coefficient (Wildman–Crippen LogP) is 4.29. The summed E-state index contributed by atoms with van der Waals surface area (Å²) < 4.78 is 14.1. The maximum atomic E-state index is 13.6. The number of hydrogen-bond acceptors (Lipinski definition) is 4. The first-order valence-corrected chi connectivity index (χ1v) is 6.17. The molecule has 0 amide bonds. The van der Waals surface area contributed by atoms with E-state index in [4.69, 9.17) is 11.6 Å². The average Bonchev–Trinajstić information content (AvgIpc) is 2.33. The van der Waals surface area contributed by atoms with E-state index in [1.807, 2.05) is 0 Å². The van der Waals surface area contributed by atoms with Crippen molar-refractivity contribution >= 4 is 44.7 Å². The van der Waals surface area contributed by atoms with Crippen molar-refractivity contribution in [1.82, 2.24) is 4.98 Å². The van der Waals surface area contributed by atoms with Crippen LogP contribution in [0, 0.1) is 15.9 Å². The Kier molecular flexibility index (Phi) is 3.96. The number of rotatable bonds is 3. The van der Waals surface area contributed by atoms with E-state index < -0.39 is 10.7 Å². The SMILES string of the molecule is O=[N+]([O-])c1cc(Cl)nc(Nc2c(F)cccc2Br)c1. The molecule has 0 fully saturated rings. The van der Waals surface area contributed by atoms with Crippen LogP contribution >= 0.6 is 27.5 Å². The molecule has 0 aliphatic carbocycles. The first-order valence-electron chi connectivity index (χ1n) is 5.00. The molecular weight excluding hydrogens is 340 g/mol. The van der Waals surface area contributed by atoms with Gasteiger partial charge in [-0.3, -0.25) is 10.1 Å². The number of nitrogens with zero attached hydrogens (tertiary/aromatic N) is 2. The molecular formula is C11H6BrClFN3O2. The van der Waals surface area contributed by atoms with Gasteiger partial charge in [0.25, 0.3) is 5.69 Å². The Morgan fingerprint density at radius 3 is 2.79 bits per heavy atom. The van der Waals surface area contributed by atoms with Crippen molar-refractivity contribution in [2.24, 2.45) is 0 Å². The molecule has 0 unspecified atom stereocenters. The van der Waals surface area contributed by atoms with Gasteiger partial charge in [0.2, 0.25) is 0 Å². The second kappa shape index (κ2) is 5.50. The van der Waals surface area contributed by atoms with Gasteiger partial charge in [-0.15, -0.1) is 0 Å². The van der Waals surface area contributed by atoms with Gasteiger partial charge in [0.1, 0.15) is 16.8 Å². The van der Waals surface area contributed by atoms with Crippen molar-refractivity contribution in [2.75, 3.05) is 5.32 Å². The fourth-order valence-electron chi connectivity index (χ4n) is 1.40. The number of halogens is 3. The molecule has 0 radical (unpaired) electrons. The number of hydrogen-bond donors (Lipinski definition) is 1. The Bertz CT molecular complexity index is 634.